The second kappa shape index (κ2) is 6.78. The van der Waals surface area contributed by atoms with Gasteiger partial charge >= 0.3 is 0 Å². The SMILES string of the molecule is CCSc1nc(=O)c2c(n1C)NC(=O)C[C@H]2c1ccc(Cl)c(Cl)c1. The highest BCUT2D eigenvalue weighted by Gasteiger charge is 2.32. The summed E-state index contributed by atoms with van der Waals surface area (Å²) in [4.78, 5) is 29.0. The van der Waals surface area contributed by atoms with E-state index in [1.165, 1.54) is 11.8 Å². The number of nitrogens with zero attached hydrogens (tertiary/aromatic N) is 2. The van der Waals surface area contributed by atoms with Crippen molar-refractivity contribution in [3.05, 3.63) is 49.7 Å². The minimum Gasteiger partial charge on any atom is -0.312 e. The van der Waals surface area contributed by atoms with Crippen LogP contribution in [0.4, 0.5) is 5.82 Å². The van der Waals surface area contributed by atoms with Crippen LogP contribution in [0.2, 0.25) is 10.0 Å². The summed E-state index contributed by atoms with van der Waals surface area (Å²) < 4.78 is 1.76. The first-order valence-electron chi connectivity index (χ1n) is 7.40. The standard InChI is InChI=1S/C16H15Cl2N3O2S/c1-3-24-16-20-15(23)13-9(7-12(22)19-14(13)21(16)2)8-4-5-10(17)11(18)6-8/h4-6,9H,3,7H2,1-2H3,(H,19,22)/t9-/m0/s1. The van der Waals surface area contributed by atoms with Crippen molar-refractivity contribution in [3.63, 3.8) is 0 Å². The number of thioether (sulfide) groups is 1. The molecule has 5 nitrogen and oxygen atoms in total. The molecule has 2 aromatic rings. The highest BCUT2D eigenvalue weighted by molar-refractivity contribution is 7.99. The van der Waals surface area contributed by atoms with Gasteiger partial charge in [0, 0.05) is 19.4 Å². The average molecular weight is 384 g/mol. The second-order valence-electron chi connectivity index (χ2n) is 5.43. The van der Waals surface area contributed by atoms with E-state index < -0.39 is 5.92 Å². The topological polar surface area (TPSA) is 64.0 Å². The maximum Gasteiger partial charge on any atom is 0.279 e. The summed E-state index contributed by atoms with van der Waals surface area (Å²) in [5.74, 6) is 0.740. The van der Waals surface area contributed by atoms with Crippen molar-refractivity contribution in [2.45, 2.75) is 24.4 Å². The monoisotopic (exact) mass is 383 g/mol. The van der Waals surface area contributed by atoms with Crippen LogP contribution in [0.25, 0.3) is 0 Å². The summed E-state index contributed by atoms with van der Waals surface area (Å²) in [6.07, 6.45) is 0.169. The van der Waals surface area contributed by atoms with Gasteiger partial charge < -0.3 is 9.88 Å². The largest absolute Gasteiger partial charge is 0.312 e. The van der Waals surface area contributed by atoms with Crippen LogP contribution in [-0.2, 0) is 11.8 Å². The van der Waals surface area contributed by atoms with Crippen LogP contribution in [0.3, 0.4) is 0 Å². The number of amides is 1. The van der Waals surface area contributed by atoms with Crippen LogP contribution in [0, 0.1) is 0 Å². The number of rotatable bonds is 3. The molecule has 0 bridgehead atoms. The zero-order valence-electron chi connectivity index (χ0n) is 13.1. The number of nitrogens with one attached hydrogen (secondary N) is 1. The smallest absolute Gasteiger partial charge is 0.279 e. The molecule has 0 saturated carbocycles. The Balaban J connectivity index is 2.19. The lowest BCUT2D eigenvalue weighted by atomic mass is 9.87. The Labute approximate surface area is 153 Å². The van der Waals surface area contributed by atoms with Crippen LogP contribution in [0.5, 0.6) is 0 Å². The van der Waals surface area contributed by atoms with Crippen LogP contribution in [-0.4, -0.2) is 21.2 Å². The Morgan fingerprint density at radius 2 is 2.08 bits per heavy atom. The summed E-state index contributed by atoms with van der Waals surface area (Å²) in [6, 6.07) is 5.16. The molecule has 24 heavy (non-hydrogen) atoms. The Morgan fingerprint density at radius 1 is 1.33 bits per heavy atom. The third-order valence-electron chi connectivity index (χ3n) is 3.92. The highest BCUT2D eigenvalue weighted by Crippen LogP contribution is 2.37. The fraction of sp³-hybridized carbons (Fsp3) is 0.312. The molecule has 1 amide bonds. The van der Waals surface area contributed by atoms with Crippen LogP contribution in [0.15, 0.2) is 28.2 Å². The molecule has 3 rings (SSSR count). The van der Waals surface area contributed by atoms with Crippen molar-refractivity contribution >= 4 is 46.7 Å². The number of anilines is 1. The van der Waals surface area contributed by atoms with Gasteiger partial charge in [0.25, 0.3) is 5.56 Å². The first-order valence-corrected chi connectivity index (χ1v) is 9.15. The fourth-order valence-corrected chi connectivity index (χ4v) is 3.80. The Hall–Kier alpha value is -1.50. The van der Waals surface area contributed by atoms with Crippen molar-refractivity contribution in [2.75, 3.05) is 11.1 Å². The predicted octanol–water partition coefficient (Wildman–Crippen LogP) is 3.67. The summed E-state index contributed by atoms with van der Waals surface area (Å²) in [5, 5.41) is 4.21. The minimum atomic E-state index is -0.393. The molecule has 1 aromatic carbocycles. The third-order valence-corrected chi connectivity index (χ3v) is 5.57. The molecule has 1 atom stereocenters. The molecule has 1 aliphatic rings. The molecule has 2 heterocycles. The van der Waals surface area contributed by atoms with Gasteiger partial charge in [0.05, 0.1) is 15.6 Å². The van der Waals surface area contributed by atoms with Gasteiger partial charge in [-0.25, -0.2) is 0 Å². The van der Waals surface area contributed by atoms with Crippen LogP contribution >= 0.6 is 35.0 Å². The van der Waals surface area contributed by atoms with Gasteiger partial charge in [-0.3, -0.25) is 9.59 Å². The van der Waals surface area contributed by atoms with Gasteiger partial charge in [0.1, 0.15) is 5.82 Å². The van der Waals surface area contributed by atoms with Crippen molar-refractivity contribution in [1.29, 1.82) is 0 Å². The molecule has 0 unspecified atom stereocenters. The number of hydrogen-bond donors (Lipinski definition) is 1. The number of carbonyl (C=O) groups excluding carboxylic acids is 1. The van der Waals surface area contributed by atoms with E-state index in [0.29, 0.717) is 26.6 Å². The Bertz CT molecular complexity index is 882. The lowest BCUT2D eigenvalue weighted by Gasteiger charge is -2.27. The Kier molecular flexibility index (Phi) is 4.90. The quantitative estimate of drug-likeness (QED) is 0.648. The fourth-order valence-electron chi connectivity index (χ4n) is 2.81. The van der Waals surface area contributed by atoms with Gasteiger partial charge in [-0.1, -0.05) is 48.0 Å². The lowest BCUT2D eigenvalue weighted by molar-refractivity contribution is -0.116. The van der Waals surface area contributed by atoms with E-state index in [4.69, 9.17) is 23.2 Å². The average Bonchev–Trinajstić information content (AvgIpc) is 2.54. The van der Waals surface area contributed by atoms with E-state index in [1.807, 2.05) is 6.92 Å². The maximum absolute atomic E-state index is 12.6. The minimum absolute atomic E-state index is 0.146. The van der Waals surface area contributed by atoms with Crippen molar-refractivity contribution in [3.8, 4) is 0 Å². The van der Waals surface area contributed by atoms with Gasteiger partial charge in [-0.2, -0.15) is 4.98 Å². The summed E-state index contributed by atoms with van der Waals surface area (Å²) >= 11 is 13.5. The summed E-state index contributed by atoms with van der Waals surface area (Å²) in [5.41, 5.74) is 0.932. The van der Waals surface area contributed by atoms with Crippen molar-refractivity contribution in [2.24, 2.45) is 7.05 Å². The van der Waals surface area contributed by atoms with E-state index in [0.717, 1.165) is 11.3 Å². The molecule has 1 N–H and O–H groups in total. The number of aromatic nitrogens is 2. The zero-order valence-corrected chi connectivity index (χ0v) is 15.4. The normalized spacial score (nSPS) is 16.7. The molecule has 0 radical (unpaired) electrons. The molecule has 0 spiro atoms. The van der Waals surface area contributed by atoms with Crippen molar-refractivity contribution < 1.29 is 4.79 Å². The van der Waals surface area contributed by atoms with Crippen molar-refractivity contribution in [1.82, 2.24) is 9.55 Å². The van der Waals surface area contributed by atoms with Gasteiger partial charge in [0.2, 0.25) is 5.91 Å². The molecule has 0 fully saturated rings. The van der Waals surface area contributed by atoms with Crippen LogP contribution < -0.4 is 10.9 Å². The third kappa shape index (κ3) is 3.06. The lowest BCUT2D eigenvalue weighted by Crippen LogP contribution is -2.33. The Morgan fingerprint density at radius 3 is 2.75 bits per heavy atom. The molecule has 1 aromatic heterocycles. The molecule has 126 valence electrons. The summed E-state index contributed by atoms with van der Waals surface area (Å²) in [6.45, 7) is 1.98. The first-order chi connectivity index (χ1) is 11.4. The van der Waals surface area contributed by atoms with E-state index in [9.17, 15) is 9.59 Å². The van der Waals surface area contributed by atoms with Gasteiger partial charge in [0.15, 0.2) is 5.16 Å². The van der Waals surface area contributed by atoms with E-state index in [1.54, 1.807) is 29.8 Å². The molecule has 1 aliphatic heterocycles. The number of carbonyl (C=O) groups is 1. The number of fused-ring (bicyclic) bond motifs is 1. The zero-order chi connectivity index (χ0) is 17.4. The molecule has 0 aliphatic carbocycles. The predicted molar refractivity (Wildman–Crippen MR) is 97.4 cm³/mol. The number of benzene rings is 1. The summed E-state index contributed by atoms with van der Waals surface area (Å²) in [7, 11) is 1.79. The number of halogens is 2. The van der Waals surface area contributed by atoms with E-state index in [-0.39, 0.29) is 17.9 Å². The maximum atomic E-state index is 12.6. The molecular formula is C16H15Cl2N3O2S. The van der Waals surface area contributed by atoms with Gasteiger partial charge in [-0.15, -0.1) is 0 Å². The van der Waals surface area contributed by atoms with E-state index >= 15 is 0 Å². The first kappa shape index (κ1) is 17.3. The molecule has 0 saturated heterocycles. The highest BCUT2D eigenvalue weighted by atomic mass is 35.5. The molecular weight excluding hydrogens is 369 g/mol. The van der Waals surface area contributed by atoms with E-state index in [2.05, 4.69) is 10.3 Å². The van der Waals surface area contributed by atoms with Crippen LogP contribution in [0.1, 0.15) is 30.4 Å². The second-order valence-corrected chi connectivity index (χ2v) is 7.48. The number of hydrogen-bond acceptors (Lipinski definition) is 4. The molecule has 8 heteroatoms. The van der Waals surface area contributed by atoms with Gasteiger partial charge in [-0.05, 0) is 23.4 Å².